The summed E-state index contributed by atoms with van der Waals surface area (Å²) in [5.74, 6) is 0. The molecular weight excluding hydrogens is 256 g/mol. The van der Waals surface area contributed by atoms with E-state index < -0.39 is 5.60 Å². The van der Waals surface area contributed by atoms with E-state index in [2.05, 4.69) is 5.32 Å². The maximum atomic E-state index is 12.4. The maximum Gasteiger partial charge on any atom is 0.317 e. The van der Waals surface area contributed by atoms with Gasteiger partial charge in [0.25, 0.3) is 0 Å². The Morgan fingerprint density at radius 3 is 2.70 bits per heavy atom. The number of hydrogen-bond acceptors (Lipinski definition) is 3. The number of β-amino-alcohol motifs (C(OH)–C–C–N with tert-alkyl or cyclic N) is 1. The summed E-state index contributed by atoms with van der Waals surface area (Å²) in [7, 11) is 0. The van der Waals surface area contributed by atoms with Crippen molar-refractivity contribution in [2.45, 2.75) is 57.1 Å². The van der Waals surface area contributed by atoms with Gasteiger partial charge in [-0.1, -0.05) is 6.42 Å². The fraction of sp³-hybridized carbons (Fsp3) is 0.933. The number of carbonyl (C=O) groups excluding carboxylic acids is 1. The molecule has 20 heavy (non-hydrogen) atoms. The van der Waals surface area contributed by atoms with Gasteiger partial charge in [0.15, 0.2) is 0 Å². The molecule has 2 unspecified atom stereocenters. The molecule has 2 heterocycles. The second-order valence-corrected chi connectivity index (χ2v) is 7.04. The Morgan fingerprint density at radius 1 is 1.30 bits per heavy atom. The van der Waals surface area contributed by atoms with Crippen molar-refractivity contribution < 1.29 is 14.6 Å². The van der Waals surface area contributed by atoms with E-state index in [9.17, 15) is 9.90 Å². The van der Waals surface area contributed by atoms with Gasteiger partial charge in [-0.15, -0.1) is 0 Å². The van der Waals surface area contributed by atoms with Crippen molar-refractivity contribution in [2.24, 2.45) is 5.41 Å². The van der Waals surface area contributed by atoms with E-state index in [4.69, 9.17) is 4.74 Å². The molecule has 2 amide bonds. The lowest BCUT2D eigenvalue weighted by Gasteiger charge is -2.39. The third-order valence-electron chi connectivity index (χ3n) is 5.43. The van der Waals surface area contributed by atoms with Crippen LogP contribution in [0.25, 0.3) is 0 Å². The number of rotatable bonds is 1. The van der Waals surface area contributed by atoms with Crippen LogP contribution in [0.15, 0.2) is 0 Å². The zero-order valence-electron chi connectivity index (χ0n) is 12.4. The minimum Gasteiger partial charge on any atom is -0.388 e. The second kappa shape index (κ2) is 5.19. The van der Waals surface area contributed by atoms with E-state index in [-0.39, 0.29) is 17.5 Å². The number of ether oxygens (including phenoxy) is 1. The molecule has 2 N–H and O–H groups in total. The third kappa shape index (κ3) is 2.66. The molecule has 2 aliphatic heterocycles. The first-order valence-electron chi connectivity index (χ1n) is 7.86. The molecule has 0 bridgehead atoms. The van der Waals surface area contributed by atoms with Gasteiger partial charge >= 0.3 is 6.03 Å². The molecule has 2 saturated heterocycles. The number of likely N-dealkylation sites (tertiary alicyclic amines) is 1. The molecule has 114 valence electrons. The van der Waals surface area contributed by atoms with Crippen molar-refractivity contribution >= 4 is 6.03 Å². The van der Waals surface area contributed by atoms with Crippen molar-refractivity contribution in [3.05, 3.63) is 0 Å². The maximum absolute atomic E-state index is 12.4. The van der Waals surface area contributed by atoms with Crippen LogP contribution in [-0.2, 0) is 4.74 Å². The molecule has 5 nitrogen and oxygen atoms in total. The minimum absolute atomic E-state index is 0.000502. The summed E-state index contributed by atoms with van der Waals surface area (Å²) in [6, 6.07) is 0.282. The zero-order chi connectivity index (χ0) is 14.2. The largest absolute Gasteiger partial charge is 0.388 e. The van der Waals surface area contributed by atoms with Crippen molar-refractivity contribution in [3.63, 3.8) is 0 Å². The Labute approximate surface area is 120 Å². The summed E-state index contributed by atoms with van der Waals surface area (Å²) in [6.07, 6.45) is 6.28. The Morgan fingerprint density at radius 2 is 2.05 bits per heavy atom. The monoisotopic (exact) mass is 282 g/mol. The fourth-order valence-corrected chi connectivity index (χ4v) is 4.10. The number of hydrogen-bond donors (Lipinski definition) is 2. The Hall–Kier alpha value is -0.810. The Bertz CT molecular complexity index is 377. The lowest BCUT2D eigenvalue weighted by atomic mass is 9.75. The second-order valence-electron chi connectivity index (χ2n) is 7.04. The van der Waals surface area contributed by atoms with Crippen molar-refractivity contribution in [3.8, 4) is 0 Å². The highest BCUT2D eigenvalue weighted by molar-refractivity contribution is 5.75. The average Bonchev–Trinajstić information content (AvgIpc) is 2.95. The van der Waals surface area contributed by atoms with Gasteiger partial charge in [-0.25, -0.2) is 4.79 Å². The summed E-state index contributed by atoms with van der Waals surface area (Å²) in [6.45, 7) is 4.55. The molecule has 1 aliphatic carbocycles. The van der Waals surface area contributed by atoms with E-state index in [0.717, 1.165) is 32.5 Å². The smallest absolute Gasteiger partial charge is 0.317 e. The zero-order valence-corrected chi connectivity index (χ0v) is 12.4. The molecule has 3 rings (SSSR count). The summed E-state index contributed by atoms with van der Waals surface area (Å²) < 4.78 is 5.48. The summed E-state index contributed by atoms with van der Waals surface area (Å²) in [5.41, 5.74) is -0.459. The van der Waals surface area contributed by atoms with Crippen LogP contribution in [0, 0.1) is 5.41 Å². The molecule has 3 fully saturated rings. The lowest BCUT2D eigenvalue weighted by Crippen LogP contribution is -2.51. The predicted octanol–water partition coefficient (Wildman–Crippen LogP) is 1.50. The van der Waals surface area contributed by atoms with E-state index >= 15 is 0 Å². The van der Waals surface area contributed by atoms with Crippen LogP contribution in [0.5, 0.6) is 0 Å². The summed E-state index contributed by atoms with van der Waals surface area (Å²) in [4.78, 5) is 14.1. The minimum atomic E-state index is -0.719. The highest BCUT2D eigenvalue weighted by Gasteiger charge is 2.45. The van der Waals surface area contributed by atoms with Crippen LogP contribution in [-0.4, -0.2) is 54.0 Å². The summed E-state index contributed by atoms with van der Waals surface area (Å²) >= 11 is 0. The molecule has 2 atom stereocenters. The fourth-order valence-electron chi connectivity index (χ4n) is 4.10. The first kappa shape index (κ1) is 14.1. The van der Waals surface area contributed by atoms with E-state index in [1.54, 1.807) is 11.8 Å². The lowest BCUT2D eigenvalue weighted by molar-refractivity contribution is 0.00535. The molecule has 1 spiro atoms. The van der Waals surface area contributed by atoms with Gasteiger partial charge in [0.1, 0.15) is 0 Å². The van der Waals surface area contributed by atoms with Crippen LogP contribution >= 0.6 is 0 Å². The average molecular weight is 282 g/mol. The molecule has 0 aromatic carbocycles. The Kier molecular flexibility index (Phi) is 3.67. The number of carbonyl (C=O) groups is 1. The third-order valence-corrected chi connectivity index (χ3v) is 5.43. The van der Waals surface area contributed by atoms with Crippen LogP contribution in [0.2, 0.25) is 0 Å². The number of amides is 2. The number of urea groups is 1. The quantitative estimate of drug-likeness (QED) is 0.766. The van der Waals surface area contributed by atoms with Gasteiger partial charge in [-0.2, -0.15) is 0 Å². The molecular formula is C15H26N2O3. The van der Waals surface area contributed by atoms with Crippen LogP contribution < -0.4 is 5.32 Å². The first-order chi connectivity index (χ1) is 9.51. The molecule has 5 heteroatoms. The normalized spacial score (nSPS) is 36.5. The Balaban J connectivity index is 1.61. The van der Waals surface area contributed by atoms with E-state index in [1.807, 2.05) is 0 Å². The van der Waals surface area contributed by atoms with Gasteiger partial charge in [0.05, 0.1) is 12.1 Å². The van der Waals surface area contributed by atoms with Crippen molar-refractivity contribution in [2.75, 3.05) is 26.3 Å². The van der Waals surface area contributed by atoms with Gasteiger partial charge in [0, 0.05) is 25.8 Å². The predicted molar refractivity (Wildman–Crippen MR) is 75.5 cm³/mol. The van der Waals surface area contributed by atoms with Crippen LogP contribution in [0.3, 0.4) is 0 Å². The number of nitrogens with zero attached hydrogens (tertiary/aromatic N) is 1. The van der Waals surface area contributed by atoms with Crippen molar-refractivity contribution in [1.29, 1.82) is 0 Å². The van der Waals surface area contributed by atoms with Crippen LogP contribution in [0.4, 0.5) is 4.79 Å². The molecule has 0 radical (unpaired) electrons. The highest BCUT2D eigenvalue weighted by atomic mass is 16.5. The van der Waals surface area contributed by atoms with E-state index in [1.165, 1.54) is 12.8 Å². The molecule has 0 aromatic rings. The van der Waals surface area contributed by atoms with Crippen molar-refractivity contribution in [1.82, 2.24) is 10.2 Å². The SMILES string of the molecule is CC1(O)CCN(C(=O)NC2CCCC23CCOCC3)C1. The van der Waals surface area contributed by atoms with Gasteiger partial charge in [-0.3, -0.25) is 0 Å². The molecule has 3 aliphatic rings. The standard InChI is InChI=1S/C15H26N2O3/c1-14(19)5-8-17(11-14)13(18)16-12-3-2-4-15(12)6-9-20-10-7-15/h12,19H,2-11H2,1H3,(H,16,18). The highest BCUT2D eigenvalue weighted by Crippen LogP contribution is 2.46. The van der Waals surface area contributed by atoms with Gasteiger partial charge in [-0.05, 0) is 44.4 Å². The number of nitrogens with one attached hydrogen (secondary N) is 1. The van der Waals surface area contributed by atoms with E-state index in [0.29, 0.717) is 19.5 Å². The number of aliphatic hydroxyl groups is 1. The van der Waals surface area contributed by atoms with Crippen LogP contribution in [0.1, 0.15) is 45.4 Å². The molecule has 0 aromatic heterocycles. The summed E-state index contributed by atoms with van der Waals surface area (Å²) in [5, 5.41) is 13.2. The topological polar surface area (TPSA) is 61.8 Å². The first-order valence-corrected chi connectivity index (χ1v) is 7.86. The molecule has 1 saturated carbocycles. The van der Waals surface area contributed by atoms with Gasteiger partial charge < -0.3 is 20.1 Å². The van der Waals surface area contributed by atoms with Gasteiger partial charge in [0.2, 0.25) is 0 Å².